The van der Waals surface area contributed by atoms with Gasteiger partial charge in [-0.1, -0.05) is 26.2 Å². The molecule has 0 saturated heterocycles. The summed E-state index contributed by atoms with van der Waals surface area (Å²) in [5.41, 5.74) is 0. The number of nitrogens with zero attached hydrogens (tertiary/aromatic N) is 2. The quantitative estimate of drug-likeness (QED) is 0.304. The lowest BCUT2D eigenvalue weighted by atomic mass is 10.2. The van der Waals surface area contributed by atoms with Gasteiger partial charge < -0.3 is 5.32 Å². The van der Waals surface area contributed by atoms with Gasteiger partial charge in [0, 0.05) is 12.4 Å². The average molecular weight is 236 g/mol. The fraction of sp³-hybridized carbons (Fsp3) is 0.889. The SMILES string of the molecule is CCCCCCNC(=O)N(CCCl)N=O. The molecule has 6 heteroatoms. The molecule has 0 heterocycles. The molecular weight excluding hydrogens is 218 g/mol. The molecule has 2 amide bonds. The van der Waals surface area contributed by atoms with E-state index in [0.29, 0.717) is 6.54 Å². The first kappa shape index (κ1) is 14.2. The highest BCUT2D eigenvalue weighted by Gasteiger charge is 2.11. The van der Waals surface area contributed by atoms with Crippen molar-refractivity contribution < 1.29 is 4.79 Å². The Morgan fingerprint density at radius 3 is 2.67 bits per heavy atom. The van der Waals surface area contributed by atoms with Crippen LogP contribution in [-0.2, 0) is 0 Å². The van der Waals surface area contributed by atoms with Crippen LogP contribution in [0.1, 0.15) is 32.6 Å². The van der Waals surface area contributed by atoms with Gasteiger partial charge in [-0.05, 0) is 6.42 Å². The number of nitrogens with one attached hydrogen (secondary N) is 1. The maximum absolute atomic E-state index is 11.3. The third kappa shape index (κ3) is 7.13. The topological polar surface area (TPSA) is 61.8 Å². The largest absolute Gasteiger partial charge is 0.340 e. The lowest BCUT2D eigenvalue weighted by molar-refractivity contribution is 0.202. The van der Waals surface area contributed by atoms with Gasteiger partial charge in [0.15, 0.2) is 0 Å². The molecule has 15 heavy (non-hydrogen) atoms. The molecule has 0 aliphatic carbocycles. The fourth-order valence-electron chi connectivity index (χ4n) is 1.10. The van der Waals surface area contributed by atoms with Gasteiger partial charge in [0.2, 0.25) is 0 Å². The molecule has 0 aromatic carbocycles. The Morgan fingerprint density at radius 1 is 1.40 bits per heavy atom. The predicted octanol–water partition coefficient (Wildman–Crippen LogP) is 2.50. The normalized spacial score (nSPS) is 9.73. The first-order valence-corrected chi connectivity index (χ1v) is 5.74. The van der Waals surface area contributed by atoms with E-state index in [1.807, 2.05) is 0 Å². The Labute approximate surface area is 95.1 Å². The van der Waals surface area contributed by atoms with Crippen LogP contribution in [0.4, 0.5) is 4.79 Å². The lowest BCUT2D eigenvalue weighted by Gasteiger charge is -2.12. The van der Waals surface area contributed by atoms with Crippen LogP contribution < -0.4 is 5.32 Å². The number of alkyl halides is 1. The summed E-state index contributed by atoms with van der Waals surface area (Å²) in [6.07, 6.45) is 4.32. The van der Waals surface area contributed by atoms with Crippen LogP contribution in [0.5, 0.6) is 0 Å². The van der Waals surface area contributed by atoms with Gasteiger partial charge in [-0.25, -0.2) is 4.79 Å². The zero-order chi connectivity index (χ0) is 11.5. The predicted molar refractivity (Wildman–Crippen MR) is 60.8 cm³/mol. The third-order valence-electron chi connectivity index (χ3n) is 1.94. The second kappa shape index (κ2) is 9.71. The second-order valence-electron chi connectivity index (χ2n) is 3.19. The van der Waals surface area contributed by atoms with Gasteiger partial charge >= 0.3 is 6.03 Å². The summed E-state index contributed by atoms with van der Waals surface area (Å²) in [7, 11) is 0. The molecule has 0 fully saturated rings. The standard InChI is InChI=1S/C9H18ClN3O2/c1-2-3-4-5-7-11-9(14)13(12-15)8-6-10/h2-8H2,1H3,(H,11,14). The number of carbonyl (C=O) groups is 1. The molecule has 0 aliphatic rings. The molecule has 1 N–H and O–H groups in total. The molecule has 5 nitrogen and oxygen atoms in total. The van der Waals surface area contributed by atoms with Crippen molar-refractivity contribution in [2.24, 2.45) is 5.29 Å². The van der Waals surface area contributed by atoms with Crippen LogP contribution in [0.15, 0.2) is 5.29 Å². The number of nitroso groups, excluding NO2 is 1. The summed E-state index contributed by atoms with van der Waals surface area (Å²) in [6, 6.07) is -0.470. The molecule has 88 valence electrons. The minimum Gasteiger partial charge on any atom is -0.336 e. The number of unbranched alkanes of at least 4 members (excludes halogenated alkanes) is 3. The van der Waals surface area contributed by atoms with Gasteiger partial charge in [0.25, 0.3) is 0 Å². The van der Waals surface area contributed by atoms with Crippen molar-refractivity contribution in [3.63, 3.8) is 0 Å². The van der Waals surface area contributed by atoms with Crippen molar-refractivity contribution in [2.75, 3.05) is 19.0 Å². The molecule has 0 rings (SSSR count). The fourth-order valence-corrected chi connectivity index (χ4v) is 1.26. The first-order valence-electron chi connectivity index (χ1n) is 5.20. The zero-order valence-corrected chi connectivity index (χ0v) is 9.79. The Morgan fingerprint density at radius 2 is 2.13 bits per heavy atom. The van der Waals surface area contributed by atoms with Crippen molar-refractivity contribution in [3.8, 4) is 0 Å². The maximum atomic E-state index is 11.3. The van der Waals surface area contributed by atoms with E-state index in [1.54, 1.807) is 0 Å². The summed E-state index contributed by atoms with van der Waals surface area (Å²) in [4.78, 5) is 21.5. The number of amides is 2. The van der Waals surface area contributed by atoms with Crippen LogP contribution in [0, 0.1) is 4.91 Å². The van der Waals surface area contributed by atoms with Crippen molar-refractivity contribution >= 4 is 17.6 Å². The number of halogens is 1. The van der Waals surface area contributed by atoms with Gasteiger partial charge in [-0.15, -0.1) is 16.5 Å². The van der Waals surface area contributed by atoms with Crippen LogP contribution in [0.2, 0.25) is 0 Å². The zero-order valence-electron chi connectivity index (χ0n) is 9.04. The first-order chi connectivity index (χ1) is 7.26. The summed E-state index contributed by atoms with van der Waals surface area (Å²) < 4.78 is 0. The van der Waals surface area contributed by atoms with E-state index < -0.39 is 6.03 Å². The molecular formula is C9H18ClN3O2. The molecule has 0 bridgehead atoms. The maximum Gasteiger partial charge on any atom is 0.340 e. The number of hydrogen-bond donors (Lipinski definition) is 1. The summed E-state index contributed by atoms with van der Waals surface area (Å²) in [6.45, 7) is 2.84. The molecule has 0 aromatic heterocycles. The van der Waals surface area contributed by atoms with E-state index in [9.17, 15) is 9.70 Å². The van der Waals surface area contributed by atoms with Crippen molar-refractivity contribution in [2.45, 2.75) is 32.6 Å². The monoisotopic (exact) mass is 235 g/mol. The highest BCUT2D eigenvalue weighted by molar-refractivity contribution is 6.18. The smallest absolute Gasteiger partial charge is 0.336 e. The highest BCUT2D eigenvalue weighted by Crippen LogP contribution is 1.98. The number of hydrogen-bond acceptors (Lipinski definition) is 3. The summed E-state index contributed by atoms with van der Waals surface area (Å²) in [5.74, 6) is 0.203. The van der Waals surface area contributed by atoms with E-state index in [1.165, 1.54) is 0 Å². The summed E-state index contributed by atoms with van der Waals surface area (Å²) >= 11 is 5.40. The number of carbonyl (C=O) groups excluding carboxylic acids is 1. The molecule has 0 unspecified atom stereocenters. The van der Waals surface area contributed by atoms with Crippen LogP contribution in [-0.4, -0.2) is 30.0 Å². The minimum atomic E-state index is -0.470. The molecule has 0 aliphatic heterocycles. The van der Waals surface area contributed by atoms with Gasteiger partial charge in [0.05, 0.1) is 11.8 Å². The van der Waals surface area contributed by atoms with E-state index >= 15 is 0 Å². The Bertz CT molecular complexity index is 190. The molecule has 0 aromatic rings. The highest BCUT2D eigenvalue weighted by atomic mass is 35.5. The van der Waals surface area contributed by atoms with E-state index in [4.69, 9.17) is 11.6 Å². The Kier molecular flexibility index (Phi) is 9.16. The van der Waals surface area contributed by atoms with Gasteiger partial charge in [-0.3, -0.25) is 0 Å². The average Bonchev–Trinajstić information content (AvgIpc) is 2.25. The van der Waals surface area contributed by atoms with Crippen molar-refractivity contribution in [1.29, 1.82) is 0 Å². The summed E-state index contributed by atoms with van der Waals surface area (Å²) in [5, 5.41) is 5.99. The van der Waals surface area contributed by atoms with E-state index in [-0.39, 0.29) is 12.4 Å². The molecule has 0 spiro atoms. The molecule has 0 saturated carbocycles. The van der Waals surface area contributed by atoms with Crippen LogP contribution in [0.3, 0.4) is 0 Å². The van der Waals surface area contributed by atoms with Crippen LogP contribution >= 0.6 is 11.6 Å². The second-order valence-corrected chi connectivity index (χ2v) is 3.56. The van der Waals surface area contributed by atoms with Crippen LogP contribution in [0.25, 0.3) is 0 Å². The van der Waals surface area contributed by atoms with Crippen molar-refractivity contribution in [3.05, 3.63) is 4.91 Å². The van der Waals surface area contributed by atoms with E-state index in [2.05, 4.69) is 17.5 Å². The third-order valence-corrected chi connectivity index (χ3v) is 2.10. The lowest BCUT2D eigenvalue weighted by Crippen LogP contribution is -2.37. The minimum absolute atomic E-state index is 0.145. The Balaban J connectivity index is 3.57. The number of urea groups is 1. The van der Waals surface area contributed by atoms with E-state index in [0.717, 1.165) is 30.7 Å². The van der Waals surface area contributed by atoms with Crippen molar-refractivity contribution in [1.82, 2.24) is 10.3 Å². The molecule has 0 radical (unpaired) electrons. The number of rotatable bonds is 8. The Hall–Kier alpha value is -0.840. The van der Waals surface area contributed by atoms with Gasteiger partial charge in [-0.2, -0.15) is 5.01 Å². The molecule has 0 atom stereocenters. The van der Waals surface area contributed by atoms with Gasteiger partial charge in [0.1, 0.15) is 0 Å².